The zero-order chi connectivity index (χ0) is 11.4. The van der Waals surface area contributed by atoms with Crippen LogP contribution in [0.3, 0.4) is 0 Å². The second-order valence-electron chi connectivity index (χ2n) is 2.64. The van der Waals surface area contributed by atoms with Gasteiger partial charge in [0, 0.05) is 17.6 Å². The van der Waals surface area contributed by atoms with Gasteiger partial charge < -0.3 is 9.72 Å². The summed E-state index contributed by atoms with van der Waals surface area (Å²) in [7, 11) is 1.24. The molecule has 0 atom stereocenters. The van der Waals surface area contributed by atoms with E-state index in [-0.39, 0.29) is 5.75 Å². The molecule has 1 aromatic heterocycles. The first-order valence-corrected chi connectivity index (χ1v) is 4.73. The molecule has 0 amide bonds. The first kappa shape index (κ1) is 11.5. The van der Waals surface area contributed by atoms with Gasteiger partial charge in [-0.15, -0.1) is 0 Å². The monoisotopic (exact) mass is 213 g/mol. The molecule has 0 aliphatic heterocycles. The van der Waals surface area contributed by atoms with E-state index < -0.39 is 11.6 Å². The van der Waals surface area contributed by atoms with Crippen LogP contribution < -0.4 is 4.74 Å². The molecule has 0 fully saturated rings. The minimum atomic E-state index is -0.699. The largest absolute Gasteiger partial charge is 0.491 e. The number of nitrogens with one attached hydrogen (secondary N) is 1. The molecule has 2 rings (SSSR count). The topological polar surface area (TPSA) is 25.0 Å². The van der Waals surface area contributed by atoms with Gasteiger partial charge in [0.1, 0.15) is 0 Å². The van der Waals surface area contributed by atoms with Crippen molar-refractivity contribution in [1.29, 1.82) is 0 Å². The van der Waals surface area contributed by atoms with E-state index in [0.717, 1.165) is 0 Å². The van der Waals surface area contributed by atoms with Crippen LogP contribution in [-0.2, 0) is 0 Å². The first-order valence-electron chi connectivity index (χ1n) is 4.73. The van der Waals surface area contributed by atoms with E-state index in [1.807, 2.05) is 13.8 Å². The van der Waals surface area contributed by atoms with E-state index in [1.54, 1.807) is 6.20 Å². The Hall–Kier alpha value is -1.58. The second-order valence-corrected chi connectivity index (χ2v) is 2.64. The Morgan fingerprint density at radius 3 is 2.53 bits per heavy atom. The number of aromatic amines is 1. The van der Waals surface area contributed by atoms with Crippen molar-refractivity contribution >= 4 is 10.9 Å². The average molecular weight is 213 g/mol. The summed E-state index contributed by atoms with van der Waals surface area (Å²) in [4.78, 5) is 2.72. The van der Waals surface area contributed by atoms with Crippen LogP contribution in [0, 0.1) is 11.6 Å². The number of H-pyrrole nitrogens is 1. The molecule has 0 bridgehead atoms. The fourth-order valence-corrected chi connectivity index (χ4v) is 1.30. The van der Waals surface area contributed by atoms with Crippen LogP contribution in [0.25, 0.3) is 10.9 Å². The van der Waals surface area contributed by atoms with E-state index >= 15 is 0 Å². The third-order valence-electron chi connectivity index (χ3n) is 1.91. The number of hydrogen-bond acceptors (Lipinski definition) is 1. The SMILES string of the molecule is CC.COc1c(F)cc2[nH]ccc2c1F. The predicted molar refractivity (Wildman–Crippen MR) is 56.1 cm³/mol. The van der Waals surface area contributed by atoms with Gasteiger partial charge in [-0.05, 0) is 6.07 Å². The molecular weight excluding hydrogens is 200 g/mol. The molecule has 0 unspecified atom stereocenters. The highest BCUT2D eigenvalue weighted by Crippen LogP contribution is 2.28. The van der Waals surface area contributed by atoms with Crippen LogP contribution in [0.1, 0.15) is 13.8 Å². The lowest BCUT2D eigenvalue weighted by Crippen LogP contribution is -1.92. The van der Waals surface area contributed by atoms with Gasteiger partial charge >= 0.3 is 0 Å². The fourth-order valence-electron chi connectivity index (χ4n) is 1.30. The fraction of sp³-hybridized carbons (Fsp3) is 0.273. The van der Waals surface area contributed by atoms with Crippen molar-refractivity contribution in [3.8, 4) is 5.75 Å². The van der Waals surface area contributed by atoms with Crippen molar-refractivity contribution in [1.82, 2.24) is 4.98 Å². The van der Waals surface area contributed by atoms with Crippen LogP contribution in [-0.4, -0.2) is 12.1 Å². The van der Waals surface area contributed by atoms with Gasteiger partial charge in [-0.3, -0.25) is 0 Å². The van der Waals surface area contributed by atoms with E-state index in [4.69, 9.17) is 0 Å². The molecule has 0 aliphatic carbocycles. The quantitative estimate of drug-likeness (QED) is 0.770. The zero-order valence-electron chi connectivity index (χ0n) is 8.90. The number of aromatic nitrogens is 1. The molecule has 0 aliphatic rings. The Labute approximate surface area is 86.9 Å². The molecule has 2 aromatic rings. The summed E-state index contributed by atoms with van der Waals surface area (Å²) in [6.07, 6.45) is 1.55. The van der Waals surface area contributed by atoms with E-state index in [0.29, 0.717) is 10.9 Å². The van der Waals surface area contributed by atoms with Crippen LogP contribution >= 0.6 is 0 Å². The summed E-state index contributed by atoms with van der Waals surface area (Å²) < 4.78 is 31.0. The lowest BCUT2D eigenvalue weighted by Gasteiger charge is -2.03. The van der Waals surface area contributed by atoms with Crippen molar-refractivity contribution in [2.75, 3.05) is 7.11 Å². The smallest absolute Gasteiger partial charge is 0.191 e. The zero-order valence-corrected chi connectivity index (χ0v) is 8.90. The van der Waals surface area contributed by atoms with Crippen LogP contribution in [0.5, 0.6) is 5.75 Å². The average Bonchev–Trinajstić information content (AvgIpc) is 2.69. The number of hydrogen-bond donors (Lipinski definition) is 1. The number of halogens is 2. The Bertz CT molecular complexity index is 451. The Balaban J connectivity index is 0.000000531. The van der Waals surface area contributed by atoms with Crippen molar-refractivity contribution in [3.05, 3.63) is 30.0 Å². The molecule has 2 nitrogen and oxygen atoms in total. The Kier molecular flexibility index (Phi) is 3.66. The first-order chi connectivity index (χ1) is 7.24. The van der Waals surface area contributed by atoms with Gasteiger partial charge in [-0.2, -0.15) is 0 Å². The van der Waals surface area contributed by atoms with Crippen LogP contribution in [0.15, 0.2) is 18.3 Å². The van der Waals surface area contributed by atoms with Gasteiger partial charge in [0.25, 0.3) is 0 Å². The molecule has 1 heterocycles. The molecule has 4 heteroatoms. The van der Waals surface area contributed by atoms with Crippen molar-refractivity contribution in [3.63, 3.8) is 0 Å². The number of benzene rings is 1. The molecule has 82 valence electrons. The lowest BCUT2D eigenvalue weighted by atomic mass is 10.2. The highest BCUT2D eigenvalue weighted by molar-refractivity contribution is 5.81. The summed E-state index contributed by atoms with van der Waals surface area (Å²) in [5, 5.41) is 0.332. The third-order valence-corrected chi connectivity index (χ3v) is 1.91. The summed E-state index contributed by atoms with van der Waals surface area (Å²) in [6.45, 7) is 4.00. The number of methoxy groups -OCH3 is 1. The minimum absolute atomic E-state index is 0.332. The second kappa shape index (κ2) is 4.77. The maximum absolute atomic E-state index is 13.4. The molecule has 1 N–H and O–H groups in total. The van der Waals surface area contributed by atoms with E-state index in [2.05, 4.69) is 9.72 Å². The Morgan fingerprint density at radius 1 is 1.27 bits per heavy atom. The van der Waals surface area contributed by atoms with Crippen molar-refractivity contribution in [2.24, 2.45) is 0 Å². The molecule has 0 spiro atoms. The summed E-state index contributed by atoms with van der Waals surface area (Å²) in [6, 6.07) is 2.74. The summed E-state index contributed by atoms with van der Waals surface area (Å²) in [5.74, 6) is -1.71. The molecule has 0 saturated heterocycles. The summed E-state index contributed by atoms with van der Waals surface area (Å²) >= 11 is 0. The maximum Gasteiger partial charge on any atom is 0.191 e. The van der Waals surface area contributed by atoms with E-state index in [9.17, 15) is 8.78 Å². The standard InChI is InChI=1S/C9H7F2NO.C2H6/c1-13-9-6(10)4-7-5(8(9)11)2-3-12-7;1-2/h2-4,12H,1H3;1-2H3. The summed E-state index contributed by atoms with van der Waals surface area (Å²) in [5.41, 5.74) is 0.427. The van der Waals surface area contributed by atoms with Gasteiger partial charge in [0.15, 0.2) is 17.4 Å². The molecular formula is C11H13F2NO. The highest BCUT2D eigenvalue weighted by Gasteiger charge is 2.14. The Morgan fingerprint density at radius 2 is 1.93 bits per heavy atom. The number of rotatable bonds is 1. The van der Waals surface area contributed by atoms with E-state index in [1.165, 1.54) is 19.2 Å². The van der Waals surface area contributed by atoms with Gasteiger partial charge in [-0.25, -0.2) is 8.78 Å². The predicted octanol–water partition coefficient (Wildman–Crippen LogP) is 3.48. The van der Waals surface area contributed by atoms with Crippen molar-refractivity contribution < 1.29 is 13.5 Å². The molecule has 0 saturated carbocycles. The third kappa shape index (κ3) is 1.93. The van der Waals surface area contributed by atoms with Gasteiger partial charge in [0.2, 0.25) is 0 Å². The van der Waals surface area contributed by atoms with Crippen LogP contribution in [0.2, 0.25) is 0 Å². The molecule has 0 radical (unpaired) electrons. The van der Waals surface area contributed by atoms with Crippen LogP contribution in [0.4, 0.5) is 8.78 Å². The highest BCUT2D eigenvalue weighted by atomic mass is 19.1. The maximum atomic E-state index is 13.4. The molecule has 15 heavy (non-hydrogen) atoms. The number of fused-ring (bicyclic) bond motifs is 1. The van der Waals surface area contributed by atoms with Gasteiger partial charge in [-0.1, -0.05) is 13.8 Å². The molecule has 1 aromatic carbocycles. The lowest BCUT2D eigenvalue weighted by molar-refractivity contribution is 0.362. The van der Waals surface area contributed by atoms with Crippen molar-refractivity contribution in [2.45, 2.75) is 13.8 Å². The minimum Gasteiger partial charge on any atom is -0.491 e. The normalized spacial score (nSPS) is 9.67. The number of ether oxygens (including phenoxy) is 1. The van der Waals surface area contributed by atoms with Gasteiger partial charge in [0.05, 0.1) is 12.6 Å².